The van der Waals surface area contributed by atoms with E-state index in [1.54, 1.807) is 0 Å². The monoisotopic (exact) mass is 336 g/mol. The highest BCUT2D eigenvalue weighted by Gasteiger charge is 1.88. The second-order valence-electron chi connectivity index (χ2n) is 3.63. The molecule has 1 rings (SSSR count). The van der Waals surface area contributed by atoms with E-state index in [1.807, 2.05) is 36.4 Å². The van der Waals surface area contributed by atoms with E-state index in [1.165, 1.54) is 5.56 Å². The Balaban J connectivity index is 0. The number of rotatable bonds is 5. The molecule has 0 aromatic heterocycles. The van der Waals surface area contributed by atoms with Gasteiger partial charge in [0.1, 0.15) is 0 Å². The highest BCUT2D eigenvalue weighted by atomic mass is 16.4. The van der Waals surface area contributed by atoms with Crippen molar-refractivity contribution in [1.29, 1.82) is 0 Å². The van der Waals surface area contributed by atoms with Gasteiger partial charge in [-0.25, -0.2) is 19.2 Å². The fourth-order valence-corrected chi connectivity index (χ4v) is 0.874. The van der Waals surface area contributed by atoms with Crippen molar-refractivity contribution in [2.24, 2.45) is 0 Å². The Bertz CT molecular complexity index is 548. The van der Waals surface area contributed by atoms with Crippen LogP contribution in [0.5, 0.6) is 0 Å². The van der Waals surface area contributed by atoms with Gasteiger partial charge in [-0.2, -0.15) is 0 Å². The Morgan fingerprint density at radius 1 is 0.667 bits per heavy atom. The van der Waals surface area contributed by atoms with Gasteiger partial charge in [-0.05, 0) is 5.56 Å². The van der Waals surface area contributed by atoms with Crippen molar-refractivity contribution in [3.05, 3.63) is 66.8 Å². The third kappa shape index (κ3) is 20.6. The zero-order chi connectivity index (χ0) is 19.0. The summed E-state index contributed by atoms with van der Waals surface area (Å²) >= 11 is 0. The fourth-order valence-electron chi connectivity index (χ4n) is 0.874. The Kier molecular flexibility index (Phi) is 13.4. The molecule has 0 spiro atoms. The molecule has 0 aliphatic carbocycles. The number of benzene rings is 1. The maximum absolute atomic E-state index is 9.55. The van der Waals surface area contributed by atoms with E-state index in [2.05, 4.69) is 6.58 Å². The second kappa shape index (κ2) is 14.3. The summed E-state index contributed by atoms with van der Waals surface area (Å²) in [5.74, 6) is -5.03. The minimum Gasteiger partial charge on any atom is -0.478 e. The molecule has 0 fully saturated rings. The standard InChI is InChI=1S/C8H8.2C4H4O4/c1-2-8-6-4-3-5-7-8;2*5-3(6)1-2-4(7)8/h2-7H,1H2;2*1-2H,(H,5,6)(H,7,8)/b;2*2-1-. The number of carboxylic acid groups (broad SMARTS) is 4. The first-order valence-corrected chi connectivity index (χ1v) is 6.14. The van der Waals surface area contributed by atoms with E-state index >= 15 is 0 Å². The lowest BCUT2D eigenvalue weighted by atomic mass is 10.2. The van der Waals surface area contributed by atoms with E-state index in [-0.39, 0.29) is 0 Å². The molecule has 0 unspecified atom stereocenters. The first-order chi connectivity index (χ1) is 11.2. The van der Waals surface area contributed by atoms with Crippen molar-refractivity contribution < 1.29 is 39.6 Å². The van der Waals surface area contributed by atoms with Gasteiger partial charge < -0.3 is 20.4 Å². The third-order valence-electron chi connectivity index (χ3n) is 1.77. The highest BCUT2D eigenvalue weighted by Crippen LogP contribution is 1.97. The van der Waals surface area contributed by atoms with E-state index < -0.39 is 23.9 Å². The molecule has 0 saturated carbocycles. The van der Waals surface area contributed by atoms with Crippen LogP contribution in [0.1, 0.15) is 5.56 Å². The maximum atomic E-state index is 9.55. The van der Waals surface area contributed by atoms with Gasteiger partial charge in [0.05, 0.1) is 0 Å². The molecule has 0 aliphatic heterocycles. The number of hydrogen-bond acceptors (Lipinski definition) is 4. The van der Waals surface area contributed by atoms with E-state index in [0.717, 1.165) is 0 Å². The molecule has 0 saturated heterocycles. The zero-order valence-electron chi connectivity index (χ0n) is 12.4. The van der Waals surface area contributed by atoms with Gasteiger partial charge in [-0.1, -0.05) is 43.0 Å². The lowest BCUT2D eigenvalue weighted by Gasteiger charge is -1.85. The molecule has 0 radical (unpaired) electrons. The third-order valence-corrected chi connectivity index (χ3v) is 1.77. The van der Waals surface area contributed by atoms with Crippen LogP contribution in [-0.4, -0.2) is 44.3 Å². The Labute approximate surface area is 137 Å². The van der Waals surface area contributed by atoms with E-state index in [9.17, 15) is 19.2 Å². The largest absolute Gasteiger partial charge is 0.478 e. The highest BCUT2D eigenvalue weighted by molar-refractivity contribution is 5.90. The molecule has 0 heterocycles. The molecule has 24 heavy (non-hydrogen) atoms. The molecule has 8 nitrogen and oxygen atoms in total. The van der Waals surface area contributed by atoms with E-state index in [0.29, 0.717) is 24.3 Å². The topological polar surface area (TPSA) is 149 Å². The molecule has 0 aliphatic rings. The molecule has 0 amide bonds. The van der Waals surface area contributed by atoms with Gasteiger partial charge in [0.2, 0.25) is 0 Å². The molecule has 4 N–H and O–H groups in total. The minimum absolute atomic E-state index is 0.558. The summed E-state index contributed by atoms with van der Waals surface area (Å²) in [6.45, 7) is 3.63. The predicted molar refractivity (Wildman–Crippen MR) is 85.4 cm³/mol. The molecule has 128 valence electrons. The molecular formula is C16H16O8. The van der Waals surface area contributed by atoms with Crippen LogP contribution in [0.3, 0.4) is 0 Å². The summed E-state index contributed by atoms with van der Waals surface area (Å²) in [5, 5.41) is 31.2. The van der Waals surface area contributed by atoms with Gasteiger partial charge in [0, 0.05) is 24.3 Å². The van der Waals surface area contributed by atoms with Crippen LogP contribution in [0, 0.1) is 0 Å². The van der Waals surface area contributed by atoms with Crippen LogP contribution in [0.25, 0.3) is 6.08 Å². The van der Waals surface area contributed by atoms with Crippen molar-refractivity contribution >= 4 is 30.0 Å². The van der Waals surface area contributed by atoms with Gasteiger partial charge in [0.15, 0.2) is 0 Å². The Morgan fingerprint density at radius 3 is 1.12 bits per heavy atom. The molecule has 8 heteroatoms. The van der Waals surface area contributed by atoms with Crippen molar-refractivity contribution in [2.45, 2.75) is 0 Å². The average Bonchev–Trinajstić information content (AvgIpc) is 2.53. The van der Waals surface area contributed by atoms with Crippen molar-refractivity contribution in [3.63, 3.8) is 0 Å². The Hall–Kier alpha value is -3.68. The summed E-state index contributed by atoms with van der Waals surface area (Å²) in [5.41, 5.74) is 1.17. The molecular weight excluding hydrogens is 320 g/mol. The van der Waals surface area contributed by atoms with Crippen LogP contribution in [0.4, 0.5) is 0 Å². The fraction of sp³-hybridized carbons (Fsp3) is 0. The van der Waals surface area contributed by atoms with Crippen LogP contribution >= 0.6 is 0 Å². The number of carbonyl (C=O) groups is 4. The Morgan fingerprint density at radius 2 is 0.958 bits per heavy atom. The minimum atomic E-state index is -1.26. The van der Waals surface area contributed by atoms with Gasteiger partial charge in [-0.3, -0.25) is 0 Å². The molecule has 1 aromatic carbocycles. The van der Waals surface area contributed by atoms with Crippen LogP contribution in [0.15, 0.2) is 61.2 Å². The molecule has 0 atom stereocenters. The average molecular weight is 336 g/mol. The SMILES string of the molecule is C=Cc1ccccc1.O=C(O)/C=C\C(=O)O.O=C(O)/C=C\C(=O)O. The summed E-state index contributed by atoms with van der Waals surface area (Å²) in [6, 6.07) is 10.0. The smallest absolute Gasteiger partial charge is 0.328 e. The summed E-state index contributed by atoms with van der Waals surface area (Å²) in [6.07, 6.45) is 4.06. The lowest BCUT2D eigenvalue weighted by Crippen LogP contribution is -1.91. The van der Waals surface area contributed by atoms with Gasteiger partial charge >= 0.3 is 23.9 Å². The van der Waals surface area contributed by atoms with Crippen LogP contribution in [0.2, 0.25) is 0 Å². The maximum Gasteiger partial charge on any atom is 0.328 e. The quantitative estimate of drug-likeness (QED) is 0.594. The van der Waals surface area contributed by atoms with Crippen molar-refractivity contribution in [3.8, 4) is 0 Å². The van der Waals surface area contributed by atoms with Crippen molar-refractivity contribution in [1.82, 2.24) is 0 Å². The summed E-state index contributed by atoms with van der Waals surface area (Å²) in [7, 11) is 0. The van der Waals surface area contributed by atoms with Crippen LogP contribution in [-0.2, 0) is 19.2 Å². The van der Waals surface area contributed by atoms with Crippen LogP contribution < -0.4 is 0 Å². The molecule has 1 aromatic rings. The molecule has 0 bridgehead atoms. The zero-order valence-corrected chi connectivity index (χ0v) is 12.4. The number of hydrogen-bond donors (Lipinski definition) is 4. The van der Waals surface area contributed by atoms with Gasteiger partial charge in [-0.15, -0.1) is 0 Å². The summed E-state index contributed by atoms with van der Waals surface area (Å²) in [4.78, 5) is 38.2. The number of aliphatic carboxylic acids is 4. The number of carboxylic acids is 4. The van der Waals surface area contributed by atoms with Gasteiger partial charge in [0.25, 0.3) is 0 Å². The van der Waals surface area contributed by atoms with E-state index in [4.69, 9.17) is 20.4 Å². The lowest BCUT2D eigenvalue weighted by molar-refractivity contribution is -0.134. The first-order valence-electron chi connectivity index (χ1n) is 6.14. The second-order valence-corrected chi connectivity index (χ2v) is 3.63. The predicted octanol–water partition coefficient (Wildman–Crippen LogP) is 1.75. The normalized spacial score (nSPS) is 9.17. The first kappa shape index (κ1) is 22.6. The summed E-state index contributed by atoms with van der Waals surface area (Å²) < 4.78 is 0. The van der Waals surface area contributed by atoms with Crippen molar-refractivity contribution in [2.75, 3.05) is 0 Å².